The molecule has 120 valence electrons. The number of amides is 1. The molecule has 23 heavy (non-hydrogen) atoms. The standard InChI is InChI=1S/C17H15BrClNO3/c1-10(21)12-4-3-5-14(8-12)20-17(22)11(2)23-16-7-6-13(18)9-15(16)19/h3-9,11H,1-2H3,(H,20,22)/t11-/m0/s1. The highest BCUT2D eigenvalue weighted by molar-refractivity contribution is 9.10. The van der Waals surface area contributed by atoms with Gasteiger partial charge in [-0.2, -0.15) is 0 Å². The van der Waals surface area contributed by atoms with E-state index in [0.29, 0.717) is 22.0 Å². The zero-order chi connectivity index (χ0) is 17.0. The molecule has 0 heterocycles. The first kappa shape index (κ1) is 17.5. The topological polar surface area (TPSA) is 55.4 Å². The van der Waals surface area contributed by atoms with Crippen LogP contribution in [0.4, 0.5) is 5.69 Å². The second-order valence-electron chi connectivity index (χ2n) is 4.96. The van der Waals surface area contributed by atoms with Crippen molar-refractivity contribution in [3.63, 3.8) is 0 Å². The van der Waals surface area contributed by atoms with Gasteiger partial charge in [0, 0.05) is 15.7 Å². The number of carbonyl (C=O) groups excluding carboxylic acids is 2. The molecule has 0 saturated heterocycles. The summed E-state index contributed by atoms with van der Waals surface area (Å²) in [6.45, 7) is 3.10. The molecule has 4 nitrogen and oxygen atoms in total. The summed E-state index contributed by atoms with van der Waals surface area (Å²) >= 11 is 9.38. The van der Waals surface area contributed by atoms with Crippen molar-refractivity contribution in [2.24, 2.45) is 0 Å². The van der Waals surface area contributed by atoms with E-state index in [1.54, 1.807) is 49.4 Å². The summed E-state index contributed by atoms with van der Waals surface area (Å²) in [4.78, 5) is 23.6. The van der Waals surface area contributed by atoms with Gasteiger partial charge in [0.1, 0.15) is 5.75 Å². The third-order valence-corrected chi connectivity index (χ3v) is 3.89. The Labute approximate surface area is 147 Å². The summed E-state index contributed by atoms with van der Waals surface area (Å²) in [5.41, 5.74) is 1.08. The first-order valence-corrected chi connectivity index (χ1v) is 8.07. The Kier molecular flexibility index (Phi) is 5.80. The van der Waals surface area contributed by atoms with Gasteiger partial charge in [-0.1, -0.05) is 39.7 Å². The number of carbonyl (C=O) groups is 2. The van der Waals surface area contributed by atoms with Crippen LogP contribution in [0.1, 0.15) is 24.2 Å². The van der Waals surface area contributed by atoms with Gasteiger partial charge in [0.15, 0.2) is 11.9 Å². The van der Waals surface area contributed by atoms with Crippen LogP contribution in [-0.4, -0.2) is 17.8 Å². The molecule has 2 aromatic rings. The van der Waals surface area contributed by atoms with Gasteiger partial charge in [0.05, 0.1) is 5.02 Å². The molecule has 0 aliphatic carbocycles. The van der Waals surface area contributed by atoms with Gasteiger partial charge in [0.25, 0.3) is 5.91 Å². The quantitative estimate of drug-likeness (QED) is 0.745. The molecule has 6 heteroatoms. The summed E-state index contributed by atoms with van der Waals surface area (Å²) in [5.74, 6) is 0.0340. The predicted molar refractivity (Wildman–Crippen MR) is 94.3 cm³/mol. The van der Waals surface area contributed by atoms with Gasteiger partial charge in [-0.25, -0.2) is 0 Å². The zero-order valence-corrected chi connectivity index (χ0v) is 14.9. The van der Waals surface area contributed by atoms with E-state index in [9.17, 15) is 9.59 Å². The fraction of sp³-hybridized carbons (Fsp3) is 0.176. The van der Waals surface area contributed by atoms with Gasteiger partial charge >= 0.3 is 0 Å². The van der Waals surface area contributed by atoms with Gasteiger partial charge in [-0.3, -0.25) is 9.59 Å². The molecule has 0 aromatic heterocycles. The number of hydrogen-bond donors (Lipinski definition) is 1. The number of hydrogen-bond acceptors (Lipinski definition) is 3. The maximum absolute atomic E-state index is 12.2. The minimum Gasteiger partial charge on any atom is -0.479 e. The third-order valence-electron chi connectivity index (χ3n) is 3.10. The van der Waals surface area contributed by atoms with Crippen molar-refractivity contribution in [3.05, 3.63) is 57.5 Å². The van der Waals surface area contributed by atoms with Crippen molar-refractivity contribution < 1.29 is 14.3 Å². The number of rotatable bonds is 5. The van der Waals surface area contributed by atoms with E-state index in [1.807, 2.05) is 0 Å². The lowest BCUT2D eigenvalue weighted by Gasteiger charge is -2.16. The molecule has 0 unspecified atom stereocenters. The molecule has 2 rings (SSSR count). The van der Waals surface area contributed by atoms with Crippen LogP contribution in [0.25, 0.3) is 0 Å². The largest absolute Gasteiger partial charge is 0.479 e. The van der Waals surface area contributed by atoms with Crippen molar-refractivity contribution in [1.29, 1.82) is 0 Å². The second-order valence-corrected chi connectivity index (χ2v) is 6.28. The third kappa shape index (κ3) is 4.81. The summed E-state index contributed by atoms with van der Waals surface area (Å²) in [6, 6.07) is 11.9. The van der Waals surface area contributed by atoms with E-state index >= 15 is 0 Å². The lowest BCUT2D eigenvalue weighted by Crippen LogP contribution is -2.30. The van der Waals surface area contributed by atoms with Crippen molar-refractivity contribution >= 4 is 44.9 Å². The number of nitrogens with one attached hydrogen (secondary N) is 1. The smallest absolute Gasteiger partial charge is 0.265 e. The van der Waals surface area contributed by atoms with E-state index in [1.165, 1.54) is 6.92 Å². The number of benzene rings is 2. The zero-order valence-electron chi connectivity index (χ0n) is 12.6. The van der Waals surface area contributed by atoms with Crippen LogP contribution in [0.2, 0.25) is 5.02 Å². The first-order valence-electron chi connectivity index (χ1n) is 6.90. The average Bonchev–Trinajstić information content (AvgIpc) is 2.50. The fourth-order valence-electron chi connectivity index (χ4n) is 1.87. The normalized spacial score (nSPS) is 11.7. The average molecular weight is 397 g/mol. The lowest BCUT2D eigenvalue weighted by atomic mass is 10.1. The van der Waals surface area contributed by atoms with Crippen LogP contribution >= 0.6 is 27.5 Å². The minimum atomic E-state index is -0.741. The van der Waals surface area contributed by atoms with Crippen LogP contribution in [0.15, 0.2) is 46.9 Å². The van der Waals surface area contributed by atoms with Crippen LogP contribution in [0, 0.1) is 0 Å². The Hall–Kier alpha value is -1.85. The van der Waals surface area contributed by atoms with Crippen molar-refractivity contribution in [2.45, 2.75) is 20.0 Å². The monoisotopic (exact) mass is 395 g/mol. The Balaban J connectivity index is 2.05. The summed E-state index contributed by atoms with van der Waals surface area (Å²) in [6.07, 6.45) is -0.741. The molecule has 2 aromatic carbocycles. The molecular weight excluding hydrogens is 382 g/mol. The number of ketones is 1. The maximum Gasteiger partial charge on any atom is 0.265 e. The summed E-state index contributed by atoms with van der Waals surface area (Å²) < 4.78 is 6.41. The SMILES string of the molecule is CC(=O)c1cccc(NC(=O)[C@H](C)Oc2ccc(Br)cc2Cl)c1. The molecule has 0 radical (unpaired) electrons. The minimum absolute atomic E-state index is 0.0629. The first-order chi connectivity index (χ1) is 10.9. The van der Waals surface area contributed by atoms with Crippen molar-refractivity contribution in [2.75, 3.05) is 5.32 Å². The fourth-order valence-corrected chi connectivity index (χ4v) is 2.59. The molecule has 0 fully saturated rings. The predicted octanol–water partition coefficient (Wildman–Crippen LogP) is 4.71. The summed E-state index contributed by atoms with van der Waals surface area (Å²) in [7, 11) is 0. The summed E-state index contributed by atoms with van der Waals surface area (Å²) in [5, 5.41) is 3.13. The highest BCUT2D eigenvalue weighted by atomic mass is 79.9. The van der Waals surface area contributed by atoms with Crippen LogP contribution < -0.4 is 10.1 Å². The number of ether oxygens (including phenoxy) is 1. The Morgan fingerprint density at radius 3 is 2.61 bits per heavy atom. The second kappa shape index (κ2) is 7.62. The number of Topliss-reactive ketones (excluding diaryl/α,β-unsaturated/α-hetero) is 1. The van der Waals surface area contributed by atoms with Gasteiger partial charge < -0.3 is 10.1 Å². The van der Waals surface area contributed by atoms with E-state index in [-0.39, 0.29) is 11.7 Å². The molecule has 1 amide bonds. The highest BCUT2D eigenvalue weighted by Crippen LogP contribution is 2.28. The van der Waals surface area contributed by atoms with E-state index in [4.69, 9.17) is 16.3 Å². The molecule has 1 atom stereocenters. The number of anilines is 1. The van der Waals surface area contributed by atoms with Crippen molar-refractivity contribution in [3.8, 4) is 5.75 Å². The number of halogens is 2. The van der Waals surface area contributed by atoms with Gasteiger partial charge in [-0.05, 0) is 44.2 Å². The molecule has 0 aliphatic rings. The van der Waals surface area contributed by atoms with E-state index in [0.717, 1.165) is 4.47 Å². The molecule has 0 aliphatic heterocycles. The Morgan fingerprint density at radius 2 is 1.96 bits per heavy atom. The molecular formula is C17H15BrClNO3. The molecule has 0 spiro atoms. The van der Waals surface area contributed by atoms with E-state index < -0.39 is 6.10 Å². The lowest BCUT2D eigenvalue weighted by molar-refractivity contribution is -0.122. The van der Waals surface area contributed by atoms with Crippen LogP contribution in [0.3, 0.4) is 0 Å². The maximum atomic E-state index is 12.2. The Morgan fingerprint density at radius 1 is 1.22 bits per heavy atom. The Bertz CT molecular complexity index is 748. The van der Waals surface area contributed by atoms with Crippen LogP contribution in [-0.2, 0) is 4.79 Å². The van der Waals surface area contributed by atoms with E-state index in [2.05, 4.69) is 21.2 Å². The van der Waals surface area contributed by atoms with Gasteiger partial charge in [-0.15, -0.1) is 0 Å². The van der Waals surface area contributed by atoms with Crippen molar-refractivity contribution in [1.82, 2.24) is 0 Å². The molecule has 0 bridgehead atoms. The van der Waals surface area contributed by atoms with Gasteiger partial charge in [0.2, 0.25) is 0 Å². The highest BCUT2D eigenvalue weighted by Gasteiger charge is 2.16. The molecule has 0 saturated carbocycles. The van der Waals surface area contributed by atoms with Crippen LogP contribution in [0.5, 0.6) is 5.75 Å². The molecule has 1 N–H and O–H groups in total.